The zero-order valence-electron chi connectivity index (χ0n) is 11.5. The van der Waals surface area contributed by atoms with E-state index in [9.17, 15) is 0 Å². The number of ether oxygens (including phenoxy) is 2. The predicted molar refractivity (Wildman–Crippen MR) is 79.0 cm³/mol. The van der Waals surface area contributed by atoms with Crippen LogP contribution in [-0.4, -0.2) is 30.2 Å². The van der Waals surface area contributed by atoms with Gasteiger partial charge in [0.25, 0.3) is 0 Å². The van der Waals surface area contributed by atoms with Gasteiger partial charge in [-0.3, -0.25) is 0 Å². The van der Waals surface area contributed by atoms with Gasteiger partial charge >= 0.3 is 0 Å². The van der Waals surface area contributed by atoms with Gasteiger partial charge in [0.15, 0.2) is 16.6 Å². The summed E-state index contributed by atoms with van der Waals surface area (Å²) in [6.45, 7) is 4.01. The van der Waals surface area contributed by atoms with E-state index >= 15 is 0 Å². The minimum absolute atomic E-state index is 0.452. The van der Waals surface area contributed by atoms with Gasteiger partial charge in [0.1, 0.15) is 0 Å². The Morgan fingerprint density at radius 1 is 1.37 bits per heavy atom. The van der Waals surface area contributed by atoms with Crippen LogP contribution in [0, 0.1) is 0 Å². The first-order valence-corrected chi connectivity index (χ1v) is 7.82. The van der Waals surface area contributed by atoms with Crippen molar-refractivity contribution in [3.63, 3.8) is 0 Å². The molecule has 0 radical (unpaired) electrons. The standard InChI is InChI=1S/C13H23N3O2S/c1-2-17-11-12(14)16-19-13(11)15-8-9-18-10-6-4-3-5-7-10/h10,15H,2-9H2,1H3,(H2,14,16). The maximum absolute atomic E-state index is 5.86. The Morgan fingerprint density at radius 3 is 2.89 bits per heavy atom. The second-order valence-corrected chi connectivity index (χ2v) is 5.49. The van der Waals surface area contributed by atoms with Crippen molar-refractivity contribution in [2.75, 3.05) is 30.8 Å². The topological polar surface area (TPSA) is 69.4 Å². The number of nitrogens with zero attached hydrogens (tertiary/aromatic N) is 1. The number of nitrogens with two attached hydrogens (primary N) is 1. The van der Waals surface area contributed by atoms with Crippen LogP contribution in [0.4, 0.5) is 10.8 Å². The third kappa shape index (κ3) is 4.24. The Hall–Kier alpha value is -1.01. The summed E-state index contributed by atoms with van der Waals surface area (Å²) < 4.78 is 15.4. The quantitative estimate of drug-likeness (QED) is 0.754. The Morgan fingerprint density at radius 2 is 2.16 bits per heavy atom. The van der Waals surface area contributed by atoms with Gasteiger partial charge in [-0.05, 0) is 31.3 Å². The van der Waals surface area contributed by atoms with Crippen molar-refractivity contribution in [2.24, 2.45) is 0 Å². The summed E-state index contributed by atoms with van der Waals surface area (Å²) >= 11 is 1.34. The van der Waals surface area contributed by atoms with E-state index in [0.29, 0.717) is 30.9 Å². The molecule has 2 rings (SSSR count). The van der Waals surface area contributed by atoms with Gasteiger partial charge in [-0.25, -0.2) is 0 Å². The Labute approximate surface area is 118 Å². The van der Waals surface area contributed by atoms with E-state index in [2.05, 4.69) is 9.69 Å². The summed E-state index contributed by atoms with van der Waals surface area (Å²) in [5.74, 6) is 1.13. The van der Waals surface area contributed by atoms with Crippen molar-refractivity contribution in [2.45, 2.75) is 45.1 Å². The fourth-order valence-electron chi connectivity index (χ4n) is 2.31. The number of hydrogen-bond acceptors (Lipinski definition) is 6. The van der Waals surface area contributed by atoms with E-state index in [4.69, 9.17) is 15.2 Å². The molecule has 0 aromatic carbocycles. The molecule has 1 fully saturated rings. The summed E-state index contributed by atoms with van der Waals surface area (Å²) in [7, 11) is 0. The monoisotopic (exact) mass is 285 g/mol. The van der Waals surface area contributed by atoms with Crippen LogP contribution in [0.5, 0.6) is 5.75 Å². The van der Waals surface area contributed by atoms with Gasteiger partial charge in [-0.1, -0.05) is 19.3 Å². The van der Waals surface area contributed by atoms with Crippen LogP contribution in [-0.2, 0) is 4.74 Å². The first-order chi connectivity index (χ1) is 9.31. The average molecular weight is 285 g/mol. The second kappa shape index (κ2) is 7.55. The van der Waals surface area contributed by atoms with Crippen molar-refractivity contribution in [3.05, 3.63) is 0 Å². The van der Waals surface area contributed by atoms with Crippen LogP contribution >= 0.6 is 11.5 Å². The van der Waals surface area contributed by atoms with Gasteiger partial charge in [-0.2, -0.15) is 4.37 Å². The maximum Gasteiger partial charge on any atom is 0.197 e. The number of hydrogen-bond donors (Lipinski definition) is 2. The largest absolute Gasteiger partial charge is 0.487 e. The van der Waals surface area contributed by atoms with E-state index in [0.717, 1.165) is 11.5 Å². The number of nitrogen functional groups attached to an aromatic ring is 1. The third-order valence-corrected chi connectivity index (χ3v) is 4.06. The molecular formula is C13H23N3O2S. The van der Waals surface area contributed by atoms with Crippen molar-refractivity contribution in [1.82, 2.24) is 4.37 Å². The van der Waals surface area contributed by atoms with Crippen molar-refractivity contribution in [3.8, 4) is 5.75 Å². The van der Waals surface area contributed by atoms with E-state index in [-0.39, 0.29) is 0 Å². The lowest BCUT2D eigenvalue weighted by atomic mass is 9.98. The Kier molecular flexibility index (Phi) is 5.72. The van der Waals surface area contributed by atoms with Gasteiger partial charge in [0.05, 0.1) is 19.3 Å². The smallest absolute Gasteiger partial charge is 0.197 e. The molecule has 0 aliphatic heterocycles. The van der Waals surface area contributed by atoms with Crippen LogP contribution in [0.3, 0.4) is 0 Å². The summed E-state index contributed by atoms with van der Waals surface area (Å²) in [6.07, 6.45) is 6.83. The van der Waals surface area contributed by atoms with E-state index < -0.39 is 0 Å². The Bertz CT molecular complexity index is 378. The molecule has 0 saturated heterocycles. The van der Waals surface area contributed by atoms with Crippen LogP contribution < -0.4 is 15.8 Å². The second-order valence-electron chi connectivity index (χ2n) is 4.72. The third-order valence-electron chi connectivity index (χ3n) is 3.26. The first kappa shape index (κ1) is 14.4. The molecule has 1 saturated carbocycles. The lowest BCUT2D eigenvalue weighted by Crippen LogP contribution is -2.20. The minimum Gasteiger partial charge on any atom is -0.487 e. The average Bonchev–Trinajstić information content (AvgIpc) is 2.78. The highest BCUT2D eigenvalue weighted by molar-refractivity contribution is 7.11. The molecule has 1 aromatic rings. The van der Waals surface area contributed by atoms with E-state index in [1.165, 1.54) is 43.6 Å². The zero-order chi connectivity index (χ0) is 13.5. The van der Waals surface area contributed by atoms with Crippen molar-refractivity contribution >= 4 is 22.4 Å². The highest BCUT2D eigenvalue weighted by Crippen LogP contribution is 2.34. The highest BCUT2D eigenvalue weighted by atomic mass is 32.1. The molecule has 108 valence electrons. The first-order valence-electron chi connectivity index (χ1n) is 7.04. The molecule has 0 unspecified atom stereocenters. The van der Waals surface area contributed by atoms with Crippen molar-refractivity contribution in [1.29, 1.82) is 0 Å². The van der Waals surface area contributed by atoms with Gasteiger partial charge in [0, 0.05) is 6.54 Å². The van der Waals surface area contributed by atoms with E-state index in [1.54, 1.807) is 0 Å². The Balaban J connectivity index is 1.70. The molecule has 19 heavy (non-hydrogen) atoms. The molecule has 6 heteroatoms. The molecule has 1 aliphatic carbocycles. The molecule has 3 N–H and O–H groups in total. The SMILES string of the molecule is CCOc1c(N)nsc1NCCOC1CCCCC1. The zero-order valence-corrected chi connectivity index (χ0v) is 12.3. The fourth-order valence-corrected chi connectivity index (χ4v) is 3.00. The summed E-state index contributed by atoms with van der Waals surface area (Å²) in [6, 6.07) is 0. The van der Waals surface area contributed by atoms with Crippen LogP contribution in [0.1, 0.15) is 39.0 Å². The maximum atomic E-state index is 5.86. The molecule has 1 heterocycles. The number of aromatic nitrogens is 1. The normalized spacial score (nSPS) is 16.5. The van der Waals surface area contributed by atoms with E-state index in [1.807, 2.05) is 6.92 Å². The van der Waals surface area contributed by atoms with Gasteiger partial charge in [0.2, 0.25) is 0 Å². The van der Waals surface area contributed by atoms with Gasteiger partial charge in [-0.15, -0.1) is 0 Å². The number of nitrogens with one attached hydrogen (secondary N) is 1. The highest BCUT2D eigenvalue weighted by Gasteiger charge is 2.14. The number of anilines is 2. The minimum atomic E-state index is 0.452. The summed E-state index contributed by atoms with van der Waals surface area (Å²) in [5.41, 5.74) is 5.75. The molecule has 1 aromatic heterocycles. The molecule has 5 nitrogen and oxygen atoms in total. The van der Waals surface area contributed by atoms with Crippen molar-refractivity contribution < 1.29 is 9.47 Å². The number of rotatable bonds is 7. The molecule has 0 bridgehead atoms. The molecule has 0 atom stereocenters. The summed E-state index contributed by atoms with van der Waals surface area (Å²) in [5, 5.41) is 4.18. The van der Waals surface area contributed by atoms with Crippen LogP contribution in [0.25, 0.3) is 0 Å². The molecule has 0 amide bonds. The van der Waals surface area contributed by atoms with Crippen LogP contribution in [0.15, 0.2) is 0 Å². The lowest BCUT2D eigenvalue weighted by molar-refractivity contribution is 0.0347. The molecular weight excluding hydrogens is 262 g/mol. The summed E-state index contributed by atoms with van der Waals surface area (Å²) in [4.78, 5) is 0. The van der Waals surface area contributed by atoms with Gasteiger partial charge < -0.3 is 20.5 Å². The molecule has 0 spiro atoms. The lowest BCUT2D eigenvalue weighted by Gasteiger charge is -2.22. The fraction of sp³-hybridized carbons (Fsp3) is 0.769. The predicted octanol–water partition coefficient (Wildman–Crippen LogP) is 2.89. The van der Waals surface area contributed by atoms with Crippen LogP contribution in [0.2, 0.25) is 0 Å². The molecule has 1 aliphatic rings.